The number of anilines is 3. The number of benzene rings is 1. The molecule has 0 saturated heterocycles. The molecule has 0 fully saturated rings. The Hall–Kier alpha value is -2.76. The molecule has 2 N–H and O–H groups in total. The van der Waals surface area contributed by atoms with E-state index in [1.165, 1.54) is 5.56 Å². The fourth-order valence-electron chi connectivity index (χ4n) is 1.96. The van der Waals surface area contributed by atoms with Crippen molar-refractivity contribution in [2.75, 3.05) is 17.2 Å². The molecular formula is C15H16N6. The average Bonchev–Trinajstić information content (AvgIpc) is 2.50. The van der Waals surface area contributed by atoms with Gasteiger partial charge in [-0.25, -0.2) is 9.97 Å². The molecule has 2 heterocycles. The highest BCUT2D eigenvalue weighted by Crippen LogP contribution is 2.22. The summed E-state index contributed by atoms with van der Waals surface area (Å²) in [5.74, 6) is 1.19. The zero-order valence-electron chi connectivity index (χ0n) is 12.0. The molecule has 0 atom stereocenters. The van der Waals surface area contributed by atoms with Gasteiger partial charge in [0, 0.05) is 24.6 Å². The normalized spacial score (nSPS) is 10.6. The number of fused-ring (bicyclic) bond motifs is 1. The van der Waals surface area contributed by atoms with Gasteiger partial charge < -0.3 is 10.6 Å². The first kappa shape index (κ1) is 13.2. The predicted molar refractivity (Wildman–Crippen MR) is 83.8 cm³/mol. The minimum atomic E-state index is 0.542. The van der Waals surface area contributed by atoms with Gasteiger partial charge in [-0.3, -0.25) is 0 Å². The first-order valence-corrected chi connectivity index (χ1v) is 6.82. The Morgan fingerprint density at radius 3 is 2.52 bits per heavy atom. The SMILES string of the molecule is CCNc1nc(Nc2ccc(C)cc2)c2nccnc2n1. The topological polar surface area (TPSA) is 75.6 Å². The van der Waals surface area contributed by atoms with Crippen molar-refractivity contribution >= 4 is 28.6 Å². The van der Waals surface area contributed by atoms with Gasteiger partial charge in [0.2, 0.25) is 5.95 Å². The van der Waals surface area contributed by atoms with Crippen LogP contribution in [0, 0.1) is 6.92 Å². The smallest absolute Gasteiger partial charge is 0.226 e. The van der Waals surface area contributed by atoms with E-state index in [-0.39, 0.29) is 0 Å². The van der Waals surface area contributed by atoms with Crippen molar-refractivity contribution in [1.29, 1.82) is 0 Å². The zero-order chi connectivity index (χ0) is 14.7. The van der Waals surface area contributed by atoms with E-state index in [1.54, 1.807) is 12.4 Å². The van der Waals surface area contributed by atoms with E-state index < -0.39 is 0 Å². The van der Waals surface area contributed by atoms with Crippen molar-refractivity contribution < 1.29 is 0 Å². The van der Waals surface area contributed by atoms with E-state index >= 15 is 0 Å². The van der Waals surface area contributed by atoms with Gasteiger partial charge in [-0.2, -0.15) is 9.97 Å². The van der Waals surface area contributed by atoms with Crippen LogP contribution >= 0.6 is 0 Å². The number of nitrogens with zero attached hydrogens (tertiary/aromatic N) is 4. The Labute approximate surface area is 122 Å². The molecule has 0 radical (unpaired) electrons. The summed E-state index contributed by atoms with van der Waals surface area (Å²) in [6.07, 6.45) is 3.26. The lowest BCUT2D eigenvalue weighted by Gasteiger charge is -2.10. The number of aryl methyl sites for hydroxylation is 1. The maximum Gasteiger partial charge on any atom is 0.226 e. The Morgan fingerprint density at radius 2 is 1.76 bits per heavy atom. The second kappa shape index (κ2) is 5.70. The quantitative estimate of drug-likeness (QED) is 0.765. The third-order valence-electron chi connectivity index (χ3n) is 2.98. The van der Waals surface area contributed by atoms with Crippen LogP contribution < -0.4 is 10.6 Å². The molecule has 0 aliphatic carbocycles. The van der Waals surface area contributed by atoms with Crippen LogP contribution in [-0.2, 0) is 0 Å². The van der Waals surface area contributed by atoms with Crippen LogP contribution in [0.1, 0.15) is 12.5 Å². The molecule has 6 nitrogen and oxygen atoms in total. The largest absolute Gasteiger partial charge is 0.354 e. The van der Waals surface area contributed by atoms with E-state index in [0.29, 0.717) is 22.9 Å². The van der Waals surface area contributed by atoms with Gasteiger partial charge in [0.25, 0.3) is 0 Å². The van der Waals surface area contributed by atoms with Crippen LogP contribution in [0.25, 0.3) is 11.2 Å². The first-order chi connectivity index (χ1) is 10.3. The minimum Gasteiger partial charge on any atom is -0.354 e. The van der Waals surface area contributed by atoms with Crippen molar-refractivity contribution in [1.82, 2.24) is 19.9 Å². The summed E-state index contributed by atoms with van der Waals surface area (Å²) in [7, 11) is 0. The van der Waals surface area contributed by atoms with E-state index in [1.807, 2.05) is 31.2 Å². The lowest BCUT2D eigenvalue weighted by molar-refractivity contribution is 1.09. The van der Waals surface area contributed by atoms with Crippen molar-refractivity contribution in [3.63, 3.8) is 0 Å². The van der Waals surface area contributed by atoms with E-state index in [4.69, 9.17) is 0 Å². The maximum absolute atomic E-state index is 4.47. The summed E-state index contributed by atoms with van der Waals surface area (Å²) in [4.78, 5) is 17.4. The molecule has 0 spiro atoms. The second-order valence-corrected chi connectivity index (χ2v) is 4.65. The average molecular weight is 280 g/mol. The lowest BCUT2D eigenvalue weighted by atomic mass is 10.2. The summed E-state index contributed by atoms with van der Waals surface area (Å²) < 4.78 is 0. The predicted octanol–water partition coefficient (Wildman–Crippen LogP) is 2.90. The highest BCUT2D eigenvalue weighted by atomic mass is 15.2. The van der Waals surface area contributed by atoms with Gasteiger partial charge in [0.15, 0.2) is 17.0 Å². The van der Waals surface area contributed by atoms with Crippen molar-refractivity contribution in [2.24, 2.45) is 0 Å². The second-order valence-electron chi connectivity index (χ2n) is 4.65. The fourth-order valence-corrected chi connectivity index (χ4v) is 1.96. The molecule has 0 bridgehead atoms. The maximum atomic E-state index is 4.47. The molecule has 3 rings (SSSR count). The molecule has 0 amide bonds. The van der Waals surface area contributed by atoms with E-state index in [0.717, 1.165) is 12.2 Å². The van der Waals surface area contributed by atoms with Crippen molar-refractivity contribution in [3.8, 4) is 0 Å². The Bertz CT molecular complexity index is 754. The Morgan fingerprint density at radius 1 is 1.00 bits per heavy atom. The third-order valence-corrected chi connectivity index (χ3v) is 2.98. The molecule has 1 aromatic carbocycles. The molecule has 3 aromatic rings. The molecule has 6 heteroatoms. The van der Waals surface area contributed by atoms with Gasteiger partial charge in [-0.15, -0.1) is 0 Å². The highest BCUT2D eigenvalue weighted by molar-refractivity contribution is 5.85. The Kier molecular flexibility index (Phi) is 3.59. The van der Waals surface area contributed by atoms with Gasteiger partial charge in [-0.05, 0) is 26.0 Å². The number of rotatable bonds is 4. The molecule has 21 heavy (non-hydrogen) atoms. The van der Waals surface area contributed by atoms with Crippen LogP contribution in [0.3, 0.4) is 0 Å². The molecule has 0 unspecified atom stereocenters. The number of hydrogen-bond acceptors (Lipinski definition) is 6. The van der Waals surface area contributed by atoms with Crippen LogP contribution in [0.2, 0.25) is 0 Å². The number of aromatic nitrogens is 4. The monoisotopic (exact) mass is 280 g/mol. The summed E-state index contributed by atoms with van der Waals surface area (Å²) >= 11 is 0. The zero-order valence-corrected chi connectivity index (χ0v) is 12.0. The van der Waals surface area contributed by atoms with Crippen molar-refractivity contribution in [2.45, 2.75) is 13.8 Å². The standard InChI is InChI=1S/C15H16N6/c1-3-16-15-20-13-12(17-8-9-18-13)14(21-15)19-11-6-4-10(2)5-7-11/h4-9H,3H2,1-2H3,(H2,16,18,19,20,21). The molecule has 106 valence electrons. The van der Waals surface area contributed by atoms with Gasteiger partial charge in [-0.1, -0.05) is 17.7 Å². The van der Waals surface area contributed by atoms with Gasteiger partial charge in [0.05, 0.1) is 0 Å². The molecule has 0 aliphatic rings. The third kappa shape index (κ3) is 2.89. The Balaban J connectivity index is 2.04. The first-order valence-electron chi connectivity index (χ1n) is 6.82. The van der Waals surface area contributed by atoms with Crippen LogP contribution in [0.15, 0.2) is 36.7 Å². The number of hydrogen-bond donors (Lipinski definition) is 2. The summed E-state index contributed by atoms with van der Waals surface area (Å²) in [5.41, 5.74) is 3.38. The van der Waals surface area contributed by atoms with Gasteiger partial charge in [0.1, 0.15) is 0 Å². The van der Waals surface area contributed by atoms with Crippen LogP contribution in [0.4, 0.5) is 17.5 Å². The van der Waals surface area contributed by atoms with E-state index in [2.05, 4.69) is 37.5 Å². The highest BCUT2D eigenvalue weighted by Gasteiger charge is 2.09. The van der Waals surface area contributed by atoms with Crippen LogP contribution in [0.5, 0.6) is 0 Å². The minimum absolute atomic E-state index is 0.542. The number of nitrogens with one attached hydrogen (secondary N) is 2. The summed E-state index contributed by atoms with van der Waals surface area (Å²) in [5, 5.41) is 6.38. The lowest BCUT2D eigenvalue weighted by Crippen LogP contribution is -2.06. The van der Waals surface area contributed by atoms with Crippen molar-refractivity contribution in [3.05, 3.63) is 42.2 Å². The molecular weight excluding hydrogens is 264 g/mol. The van der Waals surface area contributed by atoms with Crippen LogP contribution in [-0.4, -0.2) is 26.5 Å². The fraction of sp³-hybridized carbons (Fsp3) is 0.200. The molecule has 0 aliphatic heterocycles. The van der Waals surface area contributed by atoms with Gasteiger partial charge >= 0.3 is 0 Å². The van der Waals surface area contributed by atoms with E-state index in [9.17, 15) is 0 Å². The molecule has 0 saturated carbocycles. The summed E-state index contributed by atoms with van der Waals surface area (Å²) in [6, 6.07) is 8.10. The summed E-state index contributed by atoms with van der Waals surface area (Å²) in [6.45, 7) is 4.80. The molecule has 2 aromatic heterocycles.